The third-order valence-corrected chi connectivity index (χ3v) is 5.84. The molecule has 1 N–H and O–H groups in total. The van der Waals surface area contributed by atoms with Crippen LogP contribution in [0, 0.1) is 27.7 Å². The number of aryl methyl sites for hydroxylation is 4. The van der Waals surface area contributed by atoms with Gasteiger partial charge in [0.2, 0.25) is 5.91 Å². The number of para-hydroxylation sites is 1. The van der Waals surface area contributed by atoms with Crippen molar-refractivity contribution >= 4 is 23.4 Å². The molecule has 7 heteroatoms. The summed E-state index contributed by atoms with van der Waals surface area (Å²) < 4.78 is 7.89. The summed E-state index contributed by atoms with van der Waals surface area (Å²) >= 11 is 1.35. The van der Waals surface area contributed by atoms with Crippen molar-refractivity contribution in [3.05, 3.63) is 77.1 Å². The van der Waals surface area contributed by atoms with Crippen molar-refractivity contribution in [2.75, 3.05) is 11.1 Å². The van der Waals surface area contributed by atoms with E-state index in [0.717, 1.165) is 28.1 Å². The number of anilines is 1. The SMILES string of the molecule is C=CCn1c(COc2ccc(C)cc2C)nnc1SCC(=O)Nc1c(C)cccc1C. The van der Waals surface area contributed by atoms with Crippen molar-refractivity contribution in [1.29, 1.82) is 0 Å². The van der Waals surface area contributed by atoms with Gasteiger partial charge in [0.1, 0.15) is 12.4 Å². The Labute approximate surface area is 187 Å². The van der Waals surface area contributed by atoms with Crippen molar-refractivity contribution in [3.8, 4) is 5.75 Å². The van der Waals surface area contributed by atoms with E-state index in [-0.39, 0.29) is 11.7 Å². The van der Waals surface area contributed by atoms with Crippen LogP contribution < -0.4 is 10.1 Å². The quantitative estimate of drug-likeness (QED) is 0.377. The third-order valence-electron chi connectivity index (χ3n) is 4.87. The number of hydrogen-bond acceptors (Lipinski definition) is 5. The van der Waals surface area contributed by atoms with Gasteiger partial charge in [-0.05, 0) is 50.5 Å². The summed E-state index contributed by atoms with van der Waals surface area (Å²) in [5, 5.41) is 12.2. The number of aromatic nitrogens is 3. The molecule has 0 aliphatic heterocycles. The topological polar surface area (TPSA) is 69.0 Å². The van der Waals surface area contributed by atoms with Crippen molar-refractivity contribution < 1.29 is 9.53 Å². The van der Waals surface area contributed by atoms with E-state index in [2.05, 4.69) is 35.1 Å². The lowest BCUT2D eigenvalue weighted by Crippen LogP contribution is -2.16. The molecule has 0 spiro atoms. The van der Waals surface area contributed by atoms with Crippen LogP contribution in [0.1, 0.15) is 28.1 Å². The second kappa shape index (κ2) is 10.3. The van der Waals surface area contributed by atoms with Gasteiger partial charge in [-0.3, -0.25) is 9.36 Å². The van der Waals surface area contributed by atoms with E-state index in [1.165, 1.54) is 17.3 Å². The number of carbonyl (C=O) groups is 1. The van der Waals surface area contributed by atoms with Gasteiger partial charge < -0.3 is 10.1 Å². The van der Waals surface area contributed by atoms with Crippen molar-refractivity contribution in [1.82, 2.24) is 14.8 Å². The summed E-state index contributed by atoms with van der Waals surface area (Å²) in [4.78, 5) is 12.5. The molecular weight excluding hydrogens is 408 g/mol. The van der Waals surface area contributed by atoms with E-state index in [4.69, 9.17) is 4.74 Å². The molecule has 1 amide bonds. The van der Waals surface area contributed by atoms with Crippen LogP contribution in [0.4, 0.5) is 5.69 Å². The molecule has 0 radical (unpaired) electrons. The van der Waals surface area contributed by atoms with Gasteiger partial charge in [0.15, 0.2) is 11.0 Å². The van der Waals surface area contributed by atoms with Crippen LogP contribution in [0.2, 0.25) is 0 Å². The fourth-order valence-electron chi connectivity index (χ4n) is 3.27. The Bertz CT molecular complexity index is 1070. The van der Waals surface area contributed by atoms with Gasteiger partial charge in [-0.25, -0.2) is 0 Å². The van der Waals surface area contributed by atoms with E-state index in [9.17, 15) is 4.79 Å². The van der Waals surface area contributed by atoms with Crippen LogP contribution in [0.5, 0.6) is 5.75 Å². The zero-order valence-electron chi connectivity index (χ0n) is 18.4. The minimum Gasteiger partial charge on any atom is -0.485 e. The second-order valence-electron chi connectivity index (χ2n) is 7.46. The summed E-state index contributed by atoms with van der Waals surface area (Å²) in [5.41, 5.74) is 5.21. The van der Waals surface area contributed by atoms with Crippen LogP contribution in [-0.2, 0) is 17.9 Å². The third kappa shape index (κ3) is 5.76. The number of allylic oxidation sites excluding steroid dienone is 1. The number of thioether (sulfide) groups is 1. The average molecular weight is 437 g/mol. The molecule has 0 aliphatic rings. The maximum Gasteiger partial charge on any atom is 0.234 e. The highest BCUT2D eigenvalue weighted by molar-refractivity contribution is 7.99. The lowest BCUT2D eigenvalue weighted by molar-refractivity contribution is -0.113. The van der Waals surface area contributed by atoms with Crippen LogP contribution in [0.15, 0.2) is 54.2 Å². The molecule has 3 rings (SSSR count). The first-order valence-electron chi connectivity index (χ1n) is 10.1. The van der Waals surface area contributed by atoms with Crippen LogP contribution in [-0.4, -0.2) is 26.4 Å². The lowest BCUT2D eigenvalue weighted by Gasteiger charge is -2.12. The molecule has 3 aromatic rings. The molecule has 0 saturated heterocycles. The minimum atomic E-state index is -0.0800. The molecule has 0 saturated carbocycles. The van der Waals surface area contributed by atoms with Gasteiger partial charge in [-0.1, -0.05) is 53.7 Å². The van der Waals surface area contributed by atoms with E-state index in [0.29, 0.717) is 24.1 Å². The summed E-state index contributed by atoms with van der Waals surface area (Å²) in [7, 11) is 0. The Hall–Kier alpha value is -3.06. The van der Waals surface area contributed by atoms with Crippen molar-refractivity contribution in [2.45, 2.75) is 46.0 Å². The summed E-state index contributed by atoms with van der Waals surface area (Å²) in [6.07, 6.45) is 1.78. The Morgan fingerprint density at radius 3 is 2.55 bits per heavy atom. The highest BCUT2D eigenvalue weighted by atomic mass is 32.2. The fourth-order valence-corrected chi connectivity index (χ4v) is 4.03. The zero-order chi connectivity index (χ0) is 22.4. The molecule has 31 heavy (non-hydrogen) atoms. The highest BCUT2D eigenvalue weighted by Gasteiger charge is 2.15. The standard InChI is InChI=1S/C24H28N4O2S/c1-6-12-28-21(14-30-20-11-10-16(2)13-19(20)5)26-27-24(28)31-15-22(29)25-23-17(3)8-7-9-18(23)4/h6-11,13H,1,12,14-15H2,2-5H3,(H,25,29). The van der Waals surface area contributed by atoms with Gasteiger partial charge in [-0.2, -0.15) is 0 Å². The normalized spacial score (nSPS) is 10.7. The van der Waals surface area contributed by atoms with Crippen LogP contribution >= 0.6 is 11.8 Å². The number of hydrogen-bond donors (Lipinski definition) is 1. The number of ether oxygens (including phenoxy) is 1. The average Bonchev–Trinajstić information content (AvgIpc) is 3.10. The van der Waals surface area contributed by atoms with E-state index in [1.807, 2.05) is 55.7 Å². The monoisotopic (exact) mass is 436 g/mol. The van der Waals surface area contributed by atoms with E-state index < -0.39 is 0 Å². The first kappa shape index (κ1) is 22.6. The summed E-state index contributed by atoms with van der Waals surface area (Å²) in [5.74, 6) is 1.67. The van der Waals surface area contributed by atoms with Gasteiger partial charge >= 0.3 is 0 Å². The van der Waals surface area contributed by atoms with Crippen LogP contribution in [0.25, 0.3) is 0 Å². The molecule has 2 aromatic carbocycles. The largest absolute Gasteiger partial charge is 0.485 e. The summed E-state index contributed by atoms with van der Waals surface area (Å²) in [6, 6.07) is 12.0. The number of amides is 1. The molecule has 0 unspecified atom stereocenters. The predicted octanol–water partition coefficient (Wildman–Crippen LogP) is 5.01. The van der Waals surface area contributed by atoms with E-state index in [1.54, 1.807) is 6.08 Å². The second-order valence-corrected chi connectivity index (χ2v) is 8.40. The molecule has 0 aliphatic carbocycles. The number of benzene rings is 2. The Morgan fingerprint density at radius 2 is 1.87 bits per heavy atom. The number of nitrogens with one attached hydrogen (secondary N) is 1. The van der Waals surface area contributed by atoms with Crippen LogP contribution in [0.3, 0.4) is 0 Å². The molecule has 1 heterocycles. The molecule has 162 valence electrons. The van der Waals surface area contributed by atoms with Crippen molar-refractivity contribution in [2.24, 2.45) is 0 Å². The lowest BCUT2D eigenvalue weighted by atomic mass is 10.1. The molecule has 1 aromatic heterocycles. The number of nitrogens with zero attached hydrogens (tertiary/aromatic N) is 3. The van der Waals surface area contributed by atoms with Gasteiger partial charge in [0.05, 0.1) is 5.75 Å². The highest BCUT2D eigenvalue weighted by Crippen LogP contribution is 2.23. The Kier molecular flexibility index (Phi) is 7.52. The maximum absolute atomic E-state index is 12.5. The van der Waals surface area contributed by atoms with Gasteiger partial charge in [0.25, 0.3) is 0 Å². The first-order chi connectivity index (χ1) is 14.9. The number of rotatable bonds is 9. The van der Waals surface area contributed by atoms with Crippen molar-refractivity contribution in [3.63, 3.8) is 0 Å². The first-order valence-corrected chi connectivity index (χ1v) is 11.1. The predicted molar refractivity (Wildman–Crippen MR) is 126 cm³/mol. The Morgan fingerprint density at radius 1 is 1.13 bits per heavy atom. The molecule has 0 atom stereocenters. The maximum atomic E-state index is 12.5. The zero-order valence-corrected chi connectivity index (χ0v) is 19.3. The minimum absolute atomic E-state index is 0.0800. The smallest absolute Gasteiger partial charge is 0.234 e. The molecular formula is C24H28N4O2S. The fraction of sp³-hybridized carbons (Fsp3) is 0.292. The number of carbonyl (C=O) groups excluding carboxylic acids is 1. The summed E-state index contributed by atoms with van der Waals surface area (Å²) in [6.45, 7) is 12.7. The molecule has 0 bridgehead atoms. The Balaban J connectivity index is 1.65. The van der Waals surface area contributed by atoms with Gasteiger partial charge in [-0.15, -0.1) is 16.8 Å². The molecule has 6 nitrogen and oxygen atoms in total. The van der Waals surface area contributed by atoms with Gasteiger partial charge in [0, 0.05) is 12.2 Å². The molecule has 0 fully saturated rings. The van der Waals surface area contributed by atoms with E-state index >= 15 is 0 Å².